The average molecular weight is 286 g/mol. The Balaban J connectivity index is 2.28. The van der Waals surface area contributed by atoms with E-state index in [0.29, 0.717) is 11.4 Å². The van der Waals surface area contributed by atoms with E-state index in [2.05, 4.69) is 22.3 Å². The maximum atomic E-state index is 13.8. The molecule has 0 spiro atoms. The maximum absolute atomic E-state index is 13.8. The summed E-state index contributed by atoms with van der Waals surface area (Å²) < 4.78 is 15.3. The van der Waals surface area contributed by atoms with Crippen LogP contribution in [0.1, 0.15) is 21.6 Å². The molecular weight excluding hydrogens is 271 g/mol. The molecule has 0 bridgehead atoms. The van der Waals surface area contributed by atoms with Crippen molar-refractivity contribution in [1.82, 2.24) is 9.78 Å². The zero-order valence-electron chi connectivity index (χ0n) is 11.8. The van der Waals surface area contributed by atoms with Gasteiger partial charge in [0, 0.05) is 18.7 Å². The molecule has 0 atom stereocenters. The summed E-state index contributed by atoms with van der Waals surface area (Å²) in [7, 11) is 1.70. The van der Waals surface area contributed by atoms with Gasteiger partial charge in [-0.05, 0) is 25.1 Å². The topological polar surface area (TPSA) is 72.9 Å². The highest BCUT2D eigenvalue weighted by Crippen LogP contribution is 2.14. The van der Waals surface area contributed by atoms with Gasteiger partial charge in [-0.2, -0.15) is 5.10 Å². The van der Waals surface area contributed by atoms with E-state index in [1.807, 2.05) is 0 Å². The Bertz CT molecular complexity index is 740. The highest BCUT2D eigenvalue weighted by Gasteiger charge is 2.14. The molecule has 2 rings (SSSR count). The molecule has 2 aromatic rings. The van der Waals surface area contributed by atoms with Crippen LogP contribution in [0.25, 0.3) is 0 Å². The lowest BCUT2D eigenvalue weighted by Crippen LogP contribution is -2.16. The number of amides is 1. The number of hydrogen-bond donors (Lipinski definition) is 2. The van der Waals surface area contributed by atoms with Gasteiger partial charge < -0.3 is 11.1 Å². The minimum absolute atomic E-state index is 0.0716. The quantitative estimate of drug-likeness (QED) is 0.820. The molecule has 0 aliphatic carbocycles. The van der Waals surface area contributed by atoms with Crippen LogP contribution < -0.4 is 11.1 Å². The van der Waals surface area contributed by atoms with Crippen molar-refractivity contribution in [2.75, 3.05) is 11.9 Å². The SMILES string of the molecule is Cc1cc(NC(=O)c2cc(C#CCN)ccc2F)n(C)n1. The maximum Gasteiger partial charge on any atom is 0.259 e. The summed E-state index contributed by atoms with van der Waals surface area (Å²) in [5.74, 6) is 4.77. The highest BCUT2D eigenvalue weighted by atomic mass is 19.1. The number of carbonyl (C=O) groups is 1. The van der Waals surface area contributed by atoms with E-state index >= 15 is 0 Å². The third-order valence-corrected chi connectivity index (χ3v) is 2.79. The molecule has 0 aliphatic heterocycles. The predicted molar refractivity (Wildman–Crippen MR) is 78.2 cm³/mol. The van der Waals surface area contributed by atoms with Gasteiger partial charge in [0.2, 0.25) is 0 Å². The summed E-state index contributed by atoms with van der Waals surface area (Å²) in [6, 6.07) is 5.82. The van der Waals surface area contributed by atoms with Crippen molar-refractivity contribution in [3.05, 3.63) is 46.9 Å². The van der Waals surface area contributed by atoms with Gasteiger partial charge in [-0.3, -0.25) is 9.48 Å². The monoisotopic (exact) mass is 286 g/mol. The minimum Gasteiger partial charge on any atom is -0.320 e. The van der Waals surface area contributed by atoms with Gasteiger partial charge in [-0.25, -0.2) is 4.39 Å². The molecule has 6 heteroatoms. The van der Waals surface area contributed by atoms with Gasteiger partial charge in [0.25, 0.3) is 5.91 Å². The Morgan fingerprint density at radius 1 is 1.48 bits per heavy atom. The van der Waals surface area contributed by atoms with Crippen LogP contribution in [0.3, 0.4) is 0 Å². The smallest absolute Gasteiger partial charge is 0.259 e. The average Bonchev–Trinajstić information content (AvgIpc) is 2.75. The number of halogens is 1. The van der Waals surface area contributed by atoms with Crippen molar-refractivity contribution in [1.29, 1.82) is 0 Å². The predicted octanol–water partition coefficient (Wildman–Crippen LogP) is 1.43. The number of anilines is 1. The third kappa shape index (κ3) is 3.46. The van der Waals surface area contributed by atoms with Crippen LogP contribution in [0.2, 0.25) is 0 Å². The zero-order chi connectivity index (χ0) is 15.4. The summed E-state index contributed by atoms with van der Waals surface area (Å²) in [5.41, 5.74) is 6.51. The van der Waals surface area contributed by atoms with Gasteiger partial charge >= 0.3 is 0 Å². The number of benzene rings is 1. The van der Waals surface area contributed by atoms with Crippen LogP contribution in [0.4, 0.5) is 10.2 Å². The van der Waals surface area contributed by atoms with E-state index in [0.717, 1.165) is 5.69 Å². The van der Waals surface area contributed by atoms with Gasteiger partial charge in [0.05, 0.1) is 17.8 Å². The van der Waals surface area contributed by atoms with Crippen molar-refractivity contribution in [3.63, 3.8) is 0 Å². The fourth-order valence-electron chi connectivity index (χ4n) is 1.84. The third-order valence-electron chi connectivity index (χ3n) is 2.79. The fraction of sp³-hybridized carbons (Fsp3) is 0.200. The van der Waals surface area contributed by atoms with Gasteiger partial charge in [-0.1, -0.05) is 11.8 Å². The minimum atomic E-state index is -0.607. The first kappa shape index (κ1) is 14.8. The number of rotatable bonds is 2. The summed E-state index contributed by atoms with van der Waals surface area (Å²) in [6.07, 6.45) is 0. The standard InChI is InChI=1S/C15H15FN4O/c1-10-8-14(20(2)19-10)18-15(21)12-9-11(4-3-7-17)5-6-13(12)16/h5-6,8-9H,7,17H2,1-2H3,(H,18,21). The van der Waals surface area contributed by atoms with Gasteiger partial charge in [0.15, 0.2) is 0 Å². The van der Waals surface area contributed by atoms with Crippen LogP contribution in [-0.2, 0) is 7.05 Å². The van der Waals surface area contributed by atoms with E-state index < -0.39 is 11.7 Å². The summed E-state index contributed by atoms with van der Waals surface area (Å²) >= 11 is 0. The van der Waals surface area contributed by atoms with Crippen LogP contribution in [0.5, 0.6) is 0 Å². The first-order chi connectivity index (χ1) is 10.0. The Morgan fingerprint density at radius 2 is 2.24 bits per heavy atom. The van der Waals surface area contributed by atoms with Gasteiger partial charge in [0.1, 0.15) is 11.6 Å². The Morgan fingerprint density at radius 3 is 2.86 bits per heavy atom. The molecule has 0 radical (unpaired) electrons. The summed E-state index contributed by atoms with van der Waals surface area (Å²) in [6.45, 7) is 2.01. The normalized spacial score (nSPS) is 9.90. The number of nitrogens with one attached hydrogen (secondary N) is 1. The molecule has 3 N–H and O–H groups in total. The second-order valence-corrected chi connectivity index (χ2v) is 4.45. The van der Waals surface area contributed by atoms with Crippen molar-refractivity contribution in [2.45, 2.75) is 6.92 Å². The molecule has 5 nitrogen and oxygen atoms in total. The van der Waals surface area contributed by atoms with Crippen LogP contribution in [-0.4, -0.2) is 22.2 Å². The second kappa shape index (κ2) is 6.20. The van der Waals surface area contributed by atoms with Crippen LogP contribution in [0.15, 0.2) is 24.3 Å². The summed E-state index contributed by atoms with van der Waals surface area (Å²) in [5, 5.41) is 6.73. The highest BCUT2D eigenvalue weighted by molar-refractivity contribution is 6.04. The summed E-state index contributed by atoms with van der Waals surface area (Å²) in [4.78, 5) is 12.2. The van der Waals surface area contributed by atoms with Gasteiger partial charge in [-0.15, -0.1) is 0 Å². The van der Waals surface area contributed by atoms with E-state index in [1.165, 1.54) is 22.9 Å². The van der Waals surface area contributed by atoms with Crippen molar-refractivity contribution < 1.29 is 9.18 Å². The number of aromatic nitrogens is 2. The van der Waals surface area contributed by atoms with Crippen LogP contribution in [0, 0.1) is 24.6 Å². The Labute approximate surface area is 122 Å². The van der Waals surface area contributed by atoms with Crippen LogP contribution >= 0.6 is 0 Å². The molecule has 0 saturated heterocycles. The first-order valence-corrected chi connectivity index (χ1v) is 6.31. The number of carbonyl (C=O) groups excluding carboxylic acids is 1. The molecule has 0 aliphatic rings. The Hall–Kier alpha value is -2.65. The fourth-order valence-corrected chi connectivity index (χ4v) is 1.84. The molecular formula is C15H15FN4O. The molecule has 108 valence electrons. The first-order valence-electron chi connectivity index (χ1n) is 6.31. The number of nitrogens with zero attached hydrogens (tertiary/aromatic N) is 2. The van der Waals surface area contributed by atoms with Crippen molar-refractivity contribution >= 4 is 11.7 Å². The van der Waals surface area contributed by atoms with Crippen molar-refractivity contribution in [3.8, 4) is 11.8 Å². The second-order valence-electron chi connectivity index (χ2n) is 4.45. The Kier molecular flexibility index (Phi) is 4.36. The molecule has 1 aromatic carbocycles. The zero-order valence-corrected chi connectivity index (χ0v) is 11.8. The lowest BCUT2D eigenvalue weighted by Gasteiger charge is -2.06. The number of aryl methyl sites for hydroxylation is 2. The lowest BCUT2D eigenvalue weighted by atomic mass is 10.1. The number of nitrogens with two attached hydrogens (primary N) is 1. The lowest BCUT2D eigenvalue weighted by molar-refractivity contribution is 0.102. The van der Waals surface area contributed by atoms with E-state index in [4.69, 9.17) is 5.73 Å². The van der Waals surface area contributed by atoms with E-state index in [1.54, 1.807) is 20.0 Å². The van der Waals surface area contributed by atoms with E-state index in [-0.39, 0.29) is 12.1 Å². The molecule has 0 saturated carbocycles. The molecule has 0 fully saturated rings. The molecule has 21 heavy (non-hydrogen) atoms. The molecule has 1 amide bonds. The molecule has 1 aromatic heterocycles. The molecule has 0 unspecified atom stereocenters. The molecule has 1 heterocycles. The van der Waals surface area contributed by atoms with Crippen molar-refractivity contribution in [2.24, 2.45) is 12.8 Å². The number of hydrogen-bond acceptors (Lipinski definition) is 3. The van der Waals surface area contributed by atoms with E-state index in [9.17, 15) is 9.18 Å². The largest absolute Gasteiger partial charge is 0.320 e.